The van der Waals surface area contributed by atoms with E-state index < -0.39 is 5.91 Å². The number of hydrogen-bond acceptors (Lipinski definition) is 4. The van der Waals surface area contributed by atoms with Crippen molar-refractivity contribution in [1.29, 1.82) is 0 Å². The molecule has 0 saturated carbocycles. The zero-order valence-electron chi connectivity index (χ0n) is 16.5. The normalized spacial score (nSPS) is 10.6. The number of rotatable bonds is 8. The van der Waals surface area contributed by atoms with Crippen LogP contribution in [0.3, 0.4) is 0 Å². The second kappa shape index (κ2) is 9.93. The van der Waals surface area contributed by atoms with E-state index in [9.17, 15) is 9.59 Å². The second-order valence-electron chi connectivity index (χ2n) is 6.45. The third-order valence-corrected chi connectivity index (χ3v) is 4.29. The topological polar surface area (TPSA) is 90.6 Å². The fourth-order valence-corrected chi connectivity index (χ4v) is 2.72. The molecule has 0 atom stereocenters. The third kappa shape index (κ3) is 5.72. The van der Waals surface area contributed by atoms with Gasteiger partial charge in [0.2, 0.25) is 11.8 Å². The maximum Gasteiger partial charge on any atom is 0.248 e. The number of nitrogens with one attached hydrogen (secondary N) is 1. The van der Waals surface area contributed by atoms with Gasteiger partial charge in [0.25, 0.3) is 0 Å². The molecule has 0 bridgehead atoms. The Hall–Kier alpha value is -4.06. The summed E-state index contributed by atoms with van der Waals surface area (Å²) < 4.78 is 11.2. The van der Waals surface area contributed by atoms with Crippen molar-refractivity contribution in [3.8, 4) is 11.5 Å². The summed E-state index contributed by atoms with van der Waals surface area (Å²) in [5.74, 6) is 0.385. The number of carbonyl (C=O) groups is 2. The number of methoxy groups -OCH3 is 1. The molecule has 0 spiro atoms. The lowest BCUT2D eigenvalue weighted by Crippen LogP contribution is -2.11. The lowest BCUT2D eigenvalue weighted by molar-refractivity contribution is -0.111. The molecule has 0 aliphatic carbocycles. The van der Waals surface area contributed by atoms with Gasteiger partial charge < -0.3 is 20.5 Å². The highest BCUT2D eigenvalue weighted by molar-refractivity contribution is 6.02. The molecule has 0 aliphatic heterocycles. The number of primary amides is 1. The largest absolute Gasteiger partial charge is 0.493 e. The van der Waals surface area contributed by atoms with Gasteiger partial charge >= 0.3 is 0 Å². The number of anilines is 1. The molecule has 0 saturated heterocycles. The molecule has 3 aromatic rings. The summed E-state index contributed by atoms with van der Waals surface area (Å²) in [4.78, 5) is 23.2. The molecular formula is C24H22N2O4. The molecule has 2 amide bonds. The highest BCUT2D eigenvalue weighted by Gasteiger charge is 2.06. The van der Waals surface area contributed by atoms with Crippen molar-refractivity contribution >= 4 is 23.6 Å². The van der Waals surface area contributed by atoms with Gasteiger partial charge in [0.05, 0.1) is 7.11 Å². The zero-order chi connectivity index (χ0) is 21.3. The Morgan fingerprint density at radius 2 is 1.70 bits per heavy atom. The Morgan fingerprint density at radius 3 is 2.37 bits per heavy atom. The average molecular weight is 402 g/mol. The quantitative estimate of drug-likeness (QED) is 0.557. The minimum Gasteiger partial charge on any atom is -0.493 e. The van der Waals surface area contributed by atoms with E-state index in [0.717, 1.165) is 11.1 Å². The lowest BCUT2D eigenvalue weighted by atomic mass is 10.1. The van der Waals surface area contributed by atoms with Gasteiger partial charge in [-0.3, -0.25) is 9.59 Å². The third-order valence-electron chi connectivity index (χ3n) is 4.29. The predicted octanol–water partition coefficient (Wildman–Crippen LogP) is 4.03. The summed E-state index contributed by atoms with van der Waals surface area (Å²) in [5.41, 5.74) is 8.00. The van der Waals surface area contributed by atoms with Crippen LogP contribution in [-0.2, 0) is 11.4 Å². The SMILES string of the molecule is COc1cc(/C=C/C(=O)Nc2ccc(C(N)=O)cc2)ccc1OCc1ccccc1. The van der Waals surface area contributed by atoms with Gasteiger partial charge in [-0.25, -0.2) is 0 Å². The Balaban J connectivity index is 1.61. The van der Waals surface area contributed by atoms with Crippen LogP contribution in [0.15, 0.2) is 78.9 Å². The molecule has 0 aromatic heterocycles. The van der Waals surface area contributed by atoms with E-state index in [1.165, 1.54) is 6.08 Å². The van der Waals surface area contributed by atoms with Gasteiger partial charge in [-0.1, -0.05) is 36.4 Å². The maximum absolute atomic E-state index is 12.1. The number of nitrogens with two attached hydrogens (primary N) is 1. The van der Waals surface area contributed by atoms with E-state index in [2.05, 4.69) is 5.32 Å². The van der Waals surface area contributed by atoms with E-state index in [-0.39, 0.29) is 5.91 Å². The van der Waals surface area contributed by atoms with Gasteiger partial charge in [-0.15, -0.1) is 0 Å². The first-order chi connectivity index (χ1) is 14.5. The van der Waals surface area contributed by atoms with Crippen molar-refractivity contribution in [3.05, 3.63) is 95.6 Å². The summed E-state index contributed by atoms with van der Waals surface area (Å²) in [7, 11) is 1.57. The van der Waals surface area contributed by atoms with Gasteiger partial charge in [-0.05, 0) is 53.6 Å². The van der Waals surface area contributed by atoms with Crippen LogP contribution in [0, 0.1) is 0 Å². The monoisotopic (exact) mass is 402 g/mol. The highest BCUT2D eigenvalue weighted by Crippen LogP contribution is 2.29. The van der Waals surface area contributed by atoms with Crippen molar-refractivity contribution in [3.63, 3.8) is 0 Å². The van der Waals surface area contributed by atoms with E-state index in [4.69, 9.17) is 15.2 Å². The molecule has 0 fully saturated rings. The van der Waals surface area contributed by atoms with Gasteiger partial charge in [0, 0.05) is 17.3 Å². The molecule has 30 heavy (non-hydrogen) atoms. The molecule has 3 rings (SSSR count). The molecule has 0 unspecified atom stereocenters. The van der Waals surface area contributed by atoms with E-state index in [1.54, 1.807) is 43.5 Å². The molecule has 3 aromatic carbocycles. The van der Waals surface area contributed by atoms with Gasteiger partial charge in [0.15, 0.2) is 11.5 Å². The van der Waals surface area contributed by atoms with Crippen LogP contribution in [0.4, 0.5) is 5.69 Å². The standard InChI is InChI=1S/C24H22N2O4/c1-29-22-15-17(7-13-21(22)30-16-18-5-3-2-4-6-18)8-14-23(27)26-20-11-9-19(10-12-20)24(25)28/h2-15H,16H2,1H3,(H2,25,28)(H,26,27)/b14-8+. The molecule has 0 radical (unpaired) electrons. The smallest absolute Gasteiger partial charge is 0.248 e. The van der Waals surface area contributed by atoms with Gasteiger partial charge in [0.1, 0.15) is 6.61 Å². The minimum absolute atomic E-state index is 0.301. The van der Waals surface area contributed by atoms with Crippen molar-refractivity contribution in [2.45, 2.75) is 6.61 Å². The fourth-order valence-electron chi connectivity index (χ4n) is 2.72. The molecule has 0 heterocycles. The summed E-state index contributed by atoms with van der Waals surface area (Å²) in [6.07, 6.45) is 3.10. The first kappa shape index (κ1) is 20.7. The fraction of sp³-hybridized carbons (Fsp3) is 0.0833. The molecule has 0 aliphatic rings. The molecule has 152 valence electrons. The lowest BCUT2D eigenvalue weighted by Gasteiger charge is -2.11. The van der Waals surface area contributed by atoms with Crippen LogP contribution in [-0.4, -0.2) is 18.9 Å². The van der Waals surface area contributed by atoms with Gasteiger partial charge in [-0.2, -0.15) is 0 Å². The molecule has 6 heteroatoms. The maximum atomic E-state index is 12.1. The summed E-state index contributed by atoms with van der Waals surface area (Å²) in [6, 6.07) is 21.7. The number of carbonyl (C=O) groups excluding carboxylic acids is 2. The average Bonchev–Trinajstić information content (AvgIpc) is 2.77. The Kier molecular flexibility index (Phi) is 6.84. The summed E-state index contributed by atoms with van der Waals surface area (Å²) in [6.45, 7) is 0.434. The zero-order valence-corrected chi connectivity index (χ0v) is 16.5. The van der Waals surface area contributed by atoms with Crippen LogP contribution in [0.5, 0.6) is 11.5 Å². The highest BCUT2D eigenvalue weighted by atomic mass is 16.5. The van der Waals surface area contributed by atoms with E-state index in [0.29, 0.717) is 29.4 Å². The van der Waals surface area contributed by atoms with Crippen molar-refractivity contribution in [2.75, 3.05) is 12.4 Å². The summed E-state index contributed by atoms with van der Waals surface area (Å²) in [5, 5.41) is 2.72. The number of hydrogen-bond donors (Lipinski definition) is 2. The Morgan fingerprint density at radius 1 is 0.967 bits per heavy atom. The van der Waals surface area contributed by atoms with Crippen LogP contribution >= 0.6 is 0 Å². The van der Waals surface area contributed by atoms with Crippen LogP contribution in [0.2, 0.25) is 0 Å². The van der Waals surface area contributed by atoms with Crippen molar-refractivity contribution < 1.29 is 19.1 Å². The molecular weight excluding hydrogens is 380 g/mol. The molecule has 6 nitrogen and oxygen atoms in total. The predicted molar refractivity (Wildman–Crippen MR) is 116 cm³/mol. The Labute approximate surface area is 174 Å². The number of amides is 2. The van der Waals surface area contributed by atoms with Crippen LogP contribution in [0.25, 0.3) is 6.08 Å². The van der Waals surface area contributed by atoms with E-state index >= 15 is 0 Å². The van der Waals surface area contributed by atoms with Crippen molar-refractivity contribution in [2.24, 2.45) is 5.73 Å². The molecule has 3 N–H and O–H groups in total. The van der Waals surface area contributed by atoms with Crippen LogP contribution in [0.1, 0.15) is 21.5 Å². The number of benzene rings is 3. The second-order valence-corrected chi connectivity index (χ2v) is 6.45. The van der Waals surface area contributed by atoms with Crippen LogP contribution < -0.4 is 20.5 Å². The Bertz CT molecular complexity index is 1040. The van der Waals surface area contributed by atoms with E-state index in [1.807, 2.05) is 42.5 Å². The van der Waals surface area contributed by atoms with Crippen molar-refractivity contribution in [1.82, 2.24) is 0 Å². The summed E-state index contributed by atoms with van der Waals surface area (Å²) >= 11 is 0. The first-order valence-corrected chi connectivity index (χ1v) is 9.29. The first-order valence-electron chi connectivity index (χ1n) is 9.29. The minimum atomic E-state index is -0.516. The number of ether oxygens (including phenoxy) is 2.